The van der Waals surface area contributed by atoms with Crippen molar-refractivity contribution in [1.82, 2.24) is 15.3 Å². The molecule has 1 heterocycles. The van der Waals surface area contributed by atoms with Crippen molar-refractivity contribution in [2.24, 2.45) is 0 Å². The molecule has 2 N–H and O–H groups in total. The van der Waals surface area contributed by atoms with Crippen molar-refractivity contribution in [3.63, 3.8) is 0 Å². The molecule has 1 unspecified atom stereocenters. The minimum Gasteiger partial charge on any atom is -0.491 e. The number of hydrogen-bond donors (Lipinski definition) is 2. The lowest BCUT2D eigenvalue weighted by molar-refractivity contribution is 0.108. The third-order valence-corrected chi connectivity index (χ3v) is 5.60. The van der Waals surface area contributed by atoms with Crippen LogP contribution in [0.25, 0.3) is 11.3 Å². The number of aliphatic hydroxyl groups excluding tert-OH is 1. The fourth-order valence-corrected chi connectivity index (χ4v) is 3.84. The highest BCUT2D eigenvalue weighted by molar-refractivity contribution is 5.66. The van der Waals surface area contributed by atoms with Gasteiger partial charge >= 0.3 is 0 Å². The van der Waals surface area contributed by atoms with E-state index in [1.165, 1.54) is 32.1 Å². The van der Waals surface area contributed by atoms with Crippen molar-refractivity contribution in [2.45, 2.75) is 44.2 Å². The number of nitrogens with zero attached hydrogens (tertiary/aromatic N) is 4. The molecular formula is C23H35N5O2. The molecule has 1 aliphatic rings. The normalized spacial score (nSPS) is 15.6. The van der Waals surface area contributed by atoms with Crippen LogP contribution in [0.2, 0.25) is 0 Å². The summed E-state index contributed by atoms with van der Waals surface area (Å²) < 4.78 is 5.78. The van der Waals surface area contributed by atoms with Crippen LogP contribution < -0.4 is 19.9 Å². The Bertz CT molecular complexity index is 808. The van der Waals surface area contributed by atoms with Gasteiger partial charge in [-0.2, -0.15) is 4.98 Å². The fourth-order valence-electron chi connectivity index (χ4n) is 3.84. The summed E-state index contributed by atoms with van der Waals surface area (Å²) in [4.78, 5) is 13.8. The van der Waals surface area contributed by atoms with E-state index < -0.39 is 6.10 Å². The van der Waals surface area contributed by atoms with E-state index in [1.54, 1.807) is 0 Å². The Balaban J connectivity index is 1.85. The van der Waals surface area contributed by atoms with Crippen LogP contribution in [0.1, 0.15) is 32.1 Å². The van der Waals surface area contributed by atoms with Gasteiger partial charge in [-0.15, -0.1) is 0 Å². The molecule has 164 valence electrons. The van der Waals surface area contributed by atoms with Crippen LogP contribution in [0.3, 0.4) is 0 Å². The summed E-state index contributed by atoms with van der Waals surface area (Å²) in [6, 6.07) is 10.5. The van der Waals surface area contributed by atoms with Crippen LogP contribution in [0.5, 0.6) is 5.75 Å². The summed E-state index contributed by atoms with van der Waals surface area (Å²) in [5, 5.41) is 12.8. The molecule has 1 fully saturated rings. The number of ether oxygens (including phenoxy) is 1. The van der Waals surface area contributed by atoms with Gasteiger partial charge in [-0.3, -0.25) is 0 Å². The van der Waals surface area contributed by atoms with Gasteiger partial charge in [0.1, 0.15) is 24.3 Å². The van der Waals surface area contributed by atoms with Gasteiger partial charge in [0.25, 0.3) is 0 Å². The second-order valence-corrected chi connectivity index (χ2v) is 8.26. The largest absolute Gasteiger partial charge is 0.491 e. The Morgan fingerprint density at radius 3 is 2.60 bits per heavy atom. The van der Waals surface area contributed by atoms with Gasteiger partial charge < -0.3 is 25.0 Å². The SMILES string of the molecule is CNCC(O)COc1cccc(-c2cc(N(C)C3CCCCC3)nc(N(C)C)n2)c1. The zero-order valence-electron chi connectivity index (χ0n) is 18.6. The summed E-state index contributed by atoms with van der Waals surface area (Å²) >= 11 is 0. The zero-order valence-corrected chi connectivity index (χ0v) is 18.6. The maximum Gasteiger partial charge on any atom is 0.227 e. The van der Waals surface area contributed by atoms with E-state index in [4.69, 9.17) is 14.7 Å². The van der Waals surface area contributed by atoms with Crippen LogP contribution in [0, 0.1) is 0 Å². The first kappa shape index (κ1) is 22.3. The van der Waals surface area contributed by atoms with E-state index in [-0.39, 0.29) is 6.61 Å². The van der Waals surface area contributed by atoms with E-state index in [1.807, 2.05) is 50.3 Å². The van der Waals surface area contributed by atoms with Gasteiger partial charge in [0, 0.05) is 45.4 Å². The Morgan fingerprint density at radius 1 is 1.13 bits per heavy atom. The molecule has 1 aromatic heterocycles. The fraction of sp³-hybridized carbons (Fsp3) is 0.565. The zero-order chi connectivity index (χ0) is 21.5. The van der Waals surface area contributed by atoms with Gasteiger partial charge in [-0.1, -0.05) is 31.4 Å². The summed E-state index contributed by atoms with van der Waals surface area (Å²) in [5.74, 6) is 2.36. The molecule has 30 heavy (non-hydrogen) atoms. The average Bonchev–Trinajstić information content (AvgIpc) is 2.78. The molecule has 0 amide bonds. The lowest BCUT2D eigenvalue weighted by atomic mass is 9.94. The van der Waals surface area contributed by atoms with E-state index >= 15 is 0 Å². The molecule has 0 radical (unpaired) electrons. The predicted octanol–water partition coefficient (Wildman–Crippen LogP) is 2.94. The second kappa shape index (κ2) is 10.6. The Hall–Kier alpha value is -2.38. The third-order valence-electron chi connectivity index (χ3n) is 5.60. The molecule has 0 bridgehead atoms. The molecule has 7 nitrogen and oxygen atoms in total. The van der Waals surface area contributed by atoms with Crippen LogP contribution in [-0.2, 0) is 0 Å². The van der Waals surface area contributed by atoms with Gasteiger partial charge in [-0.05, 0) is 32.0 Å². The van der Waals surface area contributed by atoms with E-state index in [2.05, 4.69) is 23.3 Å². The summed E-state index contributed by atoms with van der Waals surface area (Å²) in [6.45, 7) is 0.737. The molecule has 0 saturated heterocycles. The third kappa shape index (κ3) is 5.83. The second-order valence-electron chi connectivity index (χ2n) is 8.26. The van der Waals surface area contributed by atoms with Gasteiger partial charge in [0.2, 0.25) is 5.95 Å². The molecule has 7 heteroatoms. The van der Waals surface area contributed by atoms with Crippen LogP contribution in [-0.4, -0.2) is 68.6 Å². The van der Waals surface area contributed by atoms with Crippen LogP contribution in [0.4, 0.5) is 11.8 Å². The molecular weight excluding hydrogens is 378 g/mol. The van der Waals surface area contributed by atoms with E-state index in [0.29, 0.717) is 18.5 Å². The van der Waals surface area contributed by atoms with E-state index in [9.17, 15) is 5.11 Å². The van der Waals surface area contributed by atoms with Crippen molar-refractivity contribution >= 4 is 11.8 Å². The number of aliphatic hydroxyl groups is 1. The molecule has 3 rings (SSSR count). The summed E-state index contributed by atoms with van der Waals surface area (Å²) in [6.07, 6.45) is 5.78. The maximum absolute atomic E-state index is 9.90. The molecule has 0 aliphatic heterocycles. The van der Waals surface area contributed by atoms with Crippen LogP contribution in [0.15, 0.2) is 30.3 Å². The first-order chi connectivity index (χ1) is 14.5. The van der Waals surface area contributed by atoms with Gasteiger partial charge in [0.15, 0.2) is 0 Å². The minimum atomic E-state index is -0.547. The van der Waals surface area contributed by atoms with Crippen molar-refractivity contribution in [1.29, 1.82) is 0 Å². The van der Waals surface area contributed by atoms with Crippen molar-refractivity contribution in [2.75, 3.05) is 51.1 Å². The number of anilines is 2. The van der Waals surface area contributed by atoms with Gasteiger partial charge in [0.05, 0.1) is 5.69 Å². The molecule has 1 aromatic carbocycles. The topological polar surface area (TPSA) is 73.8 Å². The number of aromatic nitrogens is 2. The van der Waals surface area contributed by atoms with Crippen LogP contribution >= 0.6 is 0 Å². The summed E-state index contributed by atoms with van der Waals surface area (Å²) in [7, 11) is 7.88. The Kier molecular flexibility index (Phi) is 7.87. The predicted molar refractivity (Wildman–Crippen MR) is 122 cm³/mol. The Morgan fingerprint density at radius 2 is 1.90 bits per heavy atom. The Labute approximate surface area is 180 Å². The molecule has 1 atom stereocenters. The maximum atomic E-state index is 9.90. The number of rotatable bonds is 9. The van der Waals surface area contributed by atoms with Gasteiger partial charge in [-0.25, -0.2) is 4.98 Å². The summed E-state index contributed by atoms with van der Waals surface area (Å²) in [5.41, 5.74) is 1.84. The smallest absolute Gasteiger partial charge is 0.227 e. The average molecular weight is 414 g/mol. The quantitative estimate of drug-likeness (QED) is 0.655. The van der Waals surface area contributed by atoms with Crippen molar-refractivity contribution in [3.8, 4) is 17.0 Å². The number of likely N-dealkylation sites (N-methyl/N-ethyl adjacent to an activating group) is 1. The molecule has 1 saturated carbocycles. The highest BCUT2D eigenvalue weighted by atomic mass is 16.5. The molecule has 2 aromatic rings. The first-order valence-electron chi connectivity index (χ1n) is 10.8. The molecule has 0 spiro atoms. The minimum absolute atomic E-state index is 0.243. The highest BCUT2D eigenvalue weighted by Gasteiger charge is 2.21. The lowest BCUT2D eigenvalue weighted by Crippen LogP contribution is -2.34. The van der Waals surface area contributed by atoms with Crippen molar-refractivity contribution < 1.29 is 9.84 Å². The lowest BCUT2D eigenvalue weighted by Gasteiger charge is -2.32. The standard InChI is InChI=1S/C23H35N5O2/c1-24-15-19(29)16-30-20-12-8-9-17(13-20)21-14-22(26-23(25-21)27(2)3)28(4)18-10-6-5-7-11-18/h8-9,12-14,18-19,24,29H,5-7,10-11,15-16H2,1-4H3. The highest BCUT2D eigenvalue weighted by Crippen LogP contribution is 2.30. The van der Waals surface area contributed by atoms with E-state index in [0.717, 1.165) is 22.8 Å². The number of nitrogens with one attached hydrogen (secondary N) is 1. The first-order valence-corrected chi connectivity index (χ1v) is 10.8. The van der Waals surface area contributed by atoms with Crippen molar-refractivity contribution in [3.05, 3.63) is 30.3 Å². The monoisotopic (exact) mass is 413 g/mol. The molecule has 1 aliphatic carbocycles. The number of benzene rings is 1. The number of hydrogen-bond acceptors (Lipinski definition) is 7.